The van der Waals surface area contributed by atoms with Crippen LogP contribution in [0, 0.1) is 63.7 Å². The van der Waals surface area contributed by atoms with E-state index < -0.39 is 0 Å². The van der Waals surface area contributed by atoms with Crippen LogP contribution in [0.25, 0.3) is 0 Å². The van der Waals surface area contributed by atoms with Crippen LogP contribution in [-0.4, -0.2) is 46.7 Å². The first-order chi connectivity index (χ1) is 13.7. The van der Waals surface area contributed by atoms with Crippen LogP contribution in [-0.2, 0) is 17.1 Å². The van der Waals surface area contributed by atoms with Crippen LogP contribution in [0.3, 0.4) is 0 Å². The predicted molar refractivity (Wildman–Crippen MR) is 122 cm³/mol. The molecule has 0 aromatic heterocycles. The van der Waals surface area contributed by atoms with Crippen LogP contribution in [0.15, 0.2) is 60.7 Å². The normalized spacial score (nSPS) is 16.8. The summed E-state index contributed by atoms with van der Waals surface area (Å²) in [6.07, 6.45) is 19.3. The van der Waals surface area contributed by atoms with Gasteiger partial charge in [0.1, 0.15) is 0 Å². The molecule has 2 fully saturated rings. The minimum atomic E-state index is -0.335. The van der Waals surface area contributed by atoms with Gasteiger partial charge >= 0.3 is 106 Å². The molecule has 0 bridgehead atoms. The summed E-state index contributed by atoms with van der Waals surface area (Å²) in [6.45, 7) is 2.17. The van der Waals surface area contributed by atoms with Gasteiger partial charge in [0.15, 0.2) is 0 Å². The molecular formula is C26H28FeNSb+. The third-order valence-corrected chi connectivity index (χ3v) is 7.35. The molecule has 2 saturated carbocycles. The molecule has 0 amide bonds. The van der Waals surface area contributed by atoms with Crippen molar-refractivity contribution in [2.75, 3.05) is 14.1 Å². The average Bonchev–Trinajstić information content (AvgIpc) is 3.46. The van der Waals surface area contributed by atoms with Crippen LogP contribution >= 0.6 is 0 Å². The Morgan fingerprint density at radius 3 is 1.52 bits per heavy atom. The molecule has 0 heterocycles. The Morgan fingerprint density at radius 2 is 1.17 bits per heavy atom. The molecule has 1 unspecified atom stereocenters. The van der Waals surface area contributed by atoms with Crippen molar-refractivity contribution in [1.29, 1.82) is 0 Å². The van der Waals surface area contributed by atoms with Crippen molar-refractivity contribution in [3.05, 3.63) is 124 Å². The Bertz CT molecular complexity index is 562. The Hall–Kier alpha value is -0.262. The zero-order chi connectivity index (χ0) is 20.0. The average molecular weight is 532 g/mol. The molecule has 4 rings (SSSR count). The Morgan fingerprint density at radius 1 is 0.724 bits per heavy atom. The fraction of sp³-hybridized carbons (Fsp3) is 0.154. The van der Waals surface area contributed by atoms with Crippen LogP contribution in [0.2, 0.25) is 0 Å². The van der Waals surface area contributed by atoms with Crippen molar-refractivity contribution < 1.29 is 17.1 Å². The number of nitrogens with zero attached hydrogens (tertiary/aromatic N) is 1. The molecule has 3 heteroatoms. The quantitative estimate of drug-likeness (QED) is 0.431. The molecule has 0 spiro atoms. The molecule has 1 nitrogen and oxygen atoms in total. The molecule has 2 aliphatic carbocycles. The molecule has 1 atom stereocenters. The van der Waals surface area contributed by atoms with Gasteiger partial charge < -0.3 is 11.3 Å². The standard InChI is InChI=1S/C9H13N.2C6H5.C5H5.Fe.Sb/c1-8(10(2)3)9-6-4-5-7-9;2*1-2-4-6-5-3-1;1-2-4-5-3-1;;/h4-6,8H,1-3H3;2*1-5H;1-5H;;/q-1;;;;+2;. The summed E-state index contributed by atoms with van der Waals surface area (Å²) in [5, 5.41) is 0. The van der Waals surface area contributed by atoms with Gasteiger partial charge in [-0.05, 0) is 52.2 Å². The molecule has 29 heavy (non-hydrogen) atoms. The van der Waals surface area contributed by atoms with E-state index in [9.17, 15) is 0 Å². The fourth-order valence-corrected chi connectivity index (χ4v) is 5.04. The van der Waals surface area contributed by atoms with E-state index in [0.717, 1.165) is 0 Å². The molecule has 11 radical (unpaired) electrons. The summed E-state index contributed by atoms with van der Waals surface area (Å²) in [7, 11) is 4.15. The molecule has 0 N–H and O–H groups in total. The van der Waals surface area contributed by atoms with Crippen molar-refractivity contribution in [2.24, 2.45) is 0 Å². The van der Waals surface area contributed by atoms with Crippen LogP contribution in [0.4, 0.5) is 0 Å². The van der Waals surface area contributed by atoms with E-state index in [0.29, 0.717) is 6.04 Å². The molecule has 2 aromatic rings. The molecule has 0 aliphatic heterocycles. The Kier molecular flexibility index (Phi) is 15.2. The van der Waals surface area contributed by atoms with Gasteiger partial charge in [-0.3, -0.25) is 0 Å². The third-order valence-electron chi connectivity index (χ3n) is 4.17. The first-order valence-corrected chi connectivity index (χ1v) is 12.0. The summed E-state index contributed by atoms with van der Waals surface area (Å²) in [6, 6.07) is 22.0. The van der Waals surface area contributed by atoms with Crippen molar-refractivity contribution in [3.8, 4) is 0 Å². The van der Waals surface area contributed by atoms with Crippen molar-refractivity contribution >= 4 is 28.6 Å². The van der Waals surface area contributed by atoms with Crippen molar-refractivity contribution in [2.45, 2.75) is 13.0 Å². The van der Waals surface area contributed by atoms with Gasteiger partial charge in [0.05, 0.1) is 0 Å². The van der Waals surface area contributed by atoms with Gasteiger partial charge in [0, 0.05) is 0 Å². The van der Waals surface area contributed by atoms with E-state index in [4.69, 9.17) is 0 Å². The van der Waals surface area contributed by atoms with Crippen LogP contribution in [0.5, 0.6) is 0 Å². The monoisotopic (exact) mass is 531 g/mol. The van der Waals surface area contributed by atoms with E-state index in [1.54, 1.807) is 0 Å². The summed E-state index contributed by atoms with van der Waals surface area (Å²) in [4.78, 5) is 2.17. The molecule has 149 valence electrons. The summed E-state index contributed by atoms with van der Waals surface area (Å²) >= 11 is -0.335. The van der Waals surface area contributed by atoms with Gasteiger partial charge in [0.2, 0.25) is 0 Å². The minimum absolute atomic E-state index is 0. The summed E-state index contributed by atoms with van der Waals surface area (Å²) < 4.78 is 3.04. The molecule has 0 saturated heterocycles. The summed E-state index contributed by atoms with van der Waals surface area (Å²) in [5.74, 6) is 1.27. The second kappa shape index (κ2) is 16.4. The summed E-state index contributed by atoms with van der Waals surface area (Å²) in [5.41, 5.74) is 0. The zero-order valence-electron chi connectivity index (χ0n) is 17.2. The van der Waals surface area contributed by atoms with Crippen LogP contribution in [0.1, 0.15) is 6.92 Å². The number of hydrogen-bond acceptors (Lipinski definition) is 1. The third kappa shape index (κ3) is 11.6. The van der Waals surface area contributed by atoms with Gasteiger partial charge in [-0.2, -0.15) is 5.92 Å². The molecule has 2 aromatic carbocycles. The SMILES string of the molecule is CC([C]1[C-][CH][CH][CH]1)N(C)C.[CH]1[CH][CH][CH][CH]1.[Fe+2].c1cc[c]([Sb][c]2ccccc2)cc1. The van der Waals surface area contributed by atoms with Crippen LogP contribution < -0.4 is 7.02 Å². The van der Waals surface area contributed by atoms with E-state index >= 15 is 0 Å². The second-order valence-corrected chi connectivity index (χ2v) is 10.1. The van der Waals surface area contributed by atoms with Crippen molar-refractivity contribution in [3.63, 3.8) is 0 Å². The van der Waals surface area contributed by atoms with Gasteiger partial charge in [-0.15, -0.1) is 0 Å². The maximum absolute atomic E-state index is 3.18. The van der Waals surface area contributed by atoms with E-state index in [1.165, 1.54) is 12.9 Å². The fourth-order valence-electron chi connectivity index (χ4n) is 2.36. The van der Waals surface area contributed by atoms with Gasteiger partial charge in [-0.1, -0.05) is 19.8 Å². The van der Waals surface area contributed by atoms with E-state index in [2.05, 4.69) is 99.4 Å². The second-order valence-electron chi connectivity index (χ2n) is 6.51. The Balaban J connectivity index is 0.000000233. The maximum atomic E-state index is 3.18. The van der Waals surface area contributed by atoms with Gasteiger partial charge in [0.25, 0.3) is 0 Å². The Labute approximate surface area is 201 Å². The number of hydrogen-bond donors (Lipinski definition) is 0. The van der Waals surface area contributed by atoms with Gasteiger partial charge in [-0.25, -0.2) is 6.42 Å². The van der Waals surface area contributed by atoms with E-state index in [-0.39, 0.29) is 38.7 Å². The van der Waals surface area contributed by atoms with E-state index in [1.807, 2.05) is 44.9 Å². The predicted octanol–water partition coefficient (Wildman–Crippen LogP) is 3.58. The van der Waals surface area contributed by atoms with Crippen molar-refractivity contribution in [1.82, 2.24) is 4.90 Å². The zero-order valence-corrected chi connectivity index (χ0v) is 20.9. The molecular weight excluding hydrogens is 504 g/mol. The number of rotatable bonds is 4. The first kappa shape index (κ1) is 26.8. The topological polar surface area (TPSA) is 3.24 Å². The molecule has 2 aliphatic rings. The number of benzene rings is 2. The first-order valence-electron chi connectivity index (χ1n) is 9.45.